The first kappa shape index (κ1) is 16.0. The topological polar surface area (TPSA) is 62.2 Å². The summed E-state index contributed by atoms with van der Waals surface area (Å²) >= 11 is 0. The minimum atomic E-state index is -0.0679. The van der Waals surface area contributed by atoms with Gasteiger partial charge in [-0.05, 0) is 37.8 Å². The van der Waals surface area contributed by atoms with Crippen LogP contribution in [0.25, 0.3) is 0 Å². The summed E-state index contributed by atoms with van der Waals surface area (Å²) in [6.07, 6.45) is 5.98. The van der Waals surface area contributed by atoms with Gasteiger partial charge in [-0.3, -0.25) is 4.68 Å². The van der Waals surface area contributed by atoms with E-state index in [2.05, 4.69) is 44.9 Å². The molecule has 1 fully saturated rings. The largest absolute Gasteiger partial charge is 0.369 e. The molecule has 4 rings (SSSR count). The Kier molecular flexibility index (Phi) is 4.34. The van der Waals surface area contributed by atoms with Crippen LogP contribution in [0, 0.1) is 0 Å². The number of hydrogen-bond acceptors (Lipinski definition) is 3. The third kappa shape index (κ3) is 3.34. The molecule has 1 saturated heterocycles. The van der Waals surface area contributed by atoms with Crippen LogP contribution in [0.4, 0.5) is 10.5 Å². The predicted molar refractivity (Wildman–Crippen MR) is 97.6 cm³/mol. The van der Waals surface area contributed by atoms with Crippen molar-refractivity contribution in [3.8, 4) is 0 Å². The Morgan fingerprint density at radius 2 is 2.04 bits per heavy atom. The van der Waals surface area contributed by atoms with Gasteiger partial charge in [0.1, 0.15) is 0 Å². The summed E-state index contributed by atoms with van der Waals surface area (Å²) in [5, 5.41) is 10.6. The number of carbonyl (C=O) groups excluding carboxylic acids is 1. The summed E-state index contributed by atoms with van der Waals surface area (Å²) < 4.78 is 1.93. The van der Waals surface area contributed by atoms with Gasteiger partial charge >= 0.3 is 6.03 Å². The molecular formula is C19H25N5O. The Bertz CT molecular complexity index is 742. The van der Waals surface area contributed by atoms with Crippen molar-refractivity contribution in [1.82, 2.24) is 20.4 Å². The average molecular weight is 339 g/mol. The number of para-hydroxylation sites is 1. The summed E-state index contributed by atoms with van der Waals surface area (Å²) in [6.45, 7) is 1.84. The molecule has 0 bridgehead atoms. The normalized spacial score (nSPS) is 22.5. The number of urea groups is 1. The van der Waals surface area contributed by atoms with Crippen molar-refractivity contribution < 1.29 is 4.79 Å². The molecule has 132 valence electrons. The van der Waals surface area contributed by atoms with Gasteiger partial charge in [-0.2, -0.15) is 5.10 Å². The van der Waals surface area contributed by atoms with E-state index in [9.17, 15) is 4.79 Å². The quantitative estimate of drug-likeness (QED) is 0.902. The zero-order chi connectivity index (χ0) is 17.2. The van der Waals surface area contributed by atoms with Crippen molar-refractivity contribution in [3.63, 3.8) is 0 Å². The fraction of sp³-hybridized carbons (Fsp3) is 0.474. The van der Waals surface area contributed by atoms with Crippen LogP contribution in [-0.4, -0.2) is 34.9 Å². The van der Waals surface area contributed by atoms with Gasteiger partial charge in [-0.15, -0.1) is 0 Å². The van der Waals surface area contributed by atoms with E-state index in [4.69, 9.17) is 0 Å². The van der Waals surface area contributed by atoms with Crippen LogP contribution in [0.3, 0.4) is 0 Å². The highest BCUT2D eigenvalue weighted by molar-refractivity contribution is 5.75. The molecule has 1 aliphatic carbocycles. The maximum absolute atomic E-state index is 12.5. The Balaban J connectivity index is 1.33. The number of nitrogens with one attached hydrogen (secondary N) is 2. The SMILES string of the molecule is Cn1ncc2c1CCC[C@H]2NC(=O)N[C@@H]1CCN(c2ccccc2)C1. The third-order valence-corrected chi connectivity index (χ3v) is 5.33. The van der Waals surface area contributed by atoms with Crippen molar-refractivity contribution in [2.24, 2.45) is 7.05 Å². The number of nitrogens with zero attached hydrogens (tertiary/aromatic N) is 3. The molecule has 6 heteroatoms. The van der Waals surface area contributed by atoms with Gasteiger partial charge in [0.2, 0.25) is 0 Å². The number of fused-ring (bicyclic) bond motifs is 1. The van der Waals surface area contributed by atoms with Crippen LogP contribution < -0.4 is 15.5 Å². The standard InChI is InChI=1S/C19H25N5O/c1-23-18-9-5-8-17(16(18)12-20-23)22-19(25)21-14-10-11-24(13-14)15-6-3-2-4-7-15/h2-4,6-7,12,14,17H,5,8-11,13H2,1H3,(H2,21,22,25)/t14-,17-/m1/s1. The van der Waals surface area contributed by atoms with Crippen LogP contribution in [0.1, 0.15) is 36.6 Å². The van der Waals surface area contributed by atoms with E-state index in [0.29, 0.717) is 0 Å². The molecule has 1 aromatic heterocycles. The highest BCUT2D eigenvalue weighted by Gasteiger charge is 2.27. The van der Waals surface area contributed by atoms with Crippen LogP contribution in [0.15, 0.2) is 36.5 Å². The smallest absolute Gasteiger partial charge is 0.315 e. The van der Waals surface area contributed by atoms with Gasteiger partial charge in [0.25, 0.3) is 0 Å². The highest BCUT2D eigenvalue weighted by Crippen LogP contribution is 2.29. The summed E-state index contributed by atoms with van der Waals surface area (Å²) in [6, 6.07) is 10.6. The van der Waals surface area contributed by atoms with Gasteiger partial charge in [-0.25, -0.2) is 4.79 Å². The first-order valence-corrected chi connectivity index (χ1v) is 9.08. The Morgan fingerprint density at radius 3 is 2.88 bits per heavy atom. The fourth-order valence-corrected chi connectivity index (χ4v) is 3.99. The molecule has 2 heterocycles. The molecule has 0 radical (unpaired) electrons. The molecule has 2 atom stereocenters. The Labute approximate surface area is 148 Å². The molecule has 25 heavy (non-hydrogen) atoms. The summed E-state index contributed by atoms with van der Waals surface area (Å²) in [5.74, 6) is 0. The van der Waals surface area contributed by atoms with Crippen molar-refractivity contribution in [2.45, 2.75) is 37.8 Å². The molecule has 2 aromatic rings. The maximum atomic E-state index is 12.5. The van der Waals surface area contributed by atoms with Crippen molar-refractivity contribution in [1.29, 1.82) is 0 Å². The van der Waals surface area contributed by atoms with Crippen molar-refractivity contribution >= 4 is 11.7 Å². The van der Waals surface area contributed by atoms with Gasteiger partial charge in [0.05, 0.1) is 12.2 Å². The average Bonchev–Trinajstić information content (AvgIpc) is 3.24. The van der Waals surface area contributed by atoms with E-state index < -0.39 is 0 Å². The maximum Gasteiger partial charge on any atom is 0.315 e. The van der Waals surface area contributed by atoms with E-state index >= 15 is 0 Å². The van der Waals surface area contributed by atoms with Crippen molar-refractivity contribution in [2.75, 3.05) is 18.0 Å². The molecule has 2 aliphatic rings. The van der Waals surface area contributed by atoms with Crippen LogP contribution in [0.5, 0.6) is 0 Å². The summed E-state index contributed by atoms with van der Waals surface area (Å²) in [4.78, 5) is 14.8. The van der Waals surface area contributed by atoms with E-state index in [-0.39, 0.29) is 18.1 Å². The zero-order valence-corrected chi connectivity index (χ0v) is 14.6. The second-order valence-corrected chi connectivity index (χ2v) is 7.00. The molecule has 0 unspecified atom stereocenters. The second-order valence-electron chi connectivity index (χ2n) is 7.00. The van der Waals surface area contributed by atoms with E-state index in [1.807, 2.05) is 24.0 Å². The monoisotopic (exact) mass is 339 g/mol. The van der Waals surface area contributed by atoms with Crippen molar-refractivity contribution in [3.05, 3.63) is 47.8 Å². The number of aryl methyl sites for hydroxylation is 1. The molecule has 1 aromatic carbocycles. The van der Waals surface area contributed by atoms with Gasteiger partial charge in [0, 0.05) is 43.1 Å². The summed E-state index contributed by atoms with van der Waals surface area (Å²) in [7, 11) is 1.97. The number of benzene rings is 1. The van der Waals surface area contributed by atoms with Gasteiger partial charge in [0.15, 0.2) is 0 Å². The zero-order valence-electron chi connectivity index (χ0n) is 14.6. The lowest BCUT2D eigenvalue weighted by Crippen LogP contribution is -2.45. The molecule has 0 spiro atoms. The van der Waals surface area contributed by atoms with Gasteiger partial charge in [-0.1, -0.05) is 18.2 Å². The number of anilines is 1. The third-order valence-electron chi connectivity index (χ3n) is 5.33. The number of hydrogen-bond donors (Lipinski definition) is 2. The van der Waals surface area contributed by atoms with Crippen LogP contribution >= 0.6 is 0 Å². The molecule has 2 amide bonds. The minimum Gasteiger partial charge on any atom is -0.369 e. The molecular weight excluding hydrogens is 314 g/mol. The lowest BCUT2D eigenvalue weighted by Gasteiger charge is -2.25. The van der Waals surface area contributed by atoms with Crippen LogP contribution in [-0.2, 0) is 13.5 Å². The van der Waals surface area contributed by atoms with Gasteiger partial charge < -0.3 is 15.5 Å². The summed E-state index contributed by atoms with van der Waals surface area (Å²) in [5.41, 5.74) is 3.63. The molecule has 1 aliphatic heterocycles. The lowest BCUT2D eigenvalue weighted by molar-refractivity contribution is 0.232. The number of aromatic nitrogens is 2. The first-order chi connectivity index (χ1) is 12.2. The molecule has 0 saturated carbocycles. The molecule has 2 N–H and O–H groups in total. The fourth-order valence-electron chi connectivity index (χ4n) is 3.99. The Hall–Kier alpha value is -2.50. The van der Waals surface area contributed by atoms with Crippen LogP contribution in [0.2, 0.25) is 0 Å². The number of rotatable bonds is 3. The number of amides is 2. The lowest BCUT2D eigenvalue weighted by atomic mass is 9.93. The minimum absolute atomic E-state index is 0.0679. The number of carbonyl (C=O) groups is 1. The van der Waals surface area contributed by atoms with E-state index in [1.54, 1.807) is 0 Å². The van der Waals surface area contributed by atoms with E-state index in [1.165, 1.54) is 16.9 Å². The molecule has 6 nitrogen and oxygen atoms in total. The predicted octanol–water partition coefficient (Wildman–Crippen LogP) is 2.38. The second kappa shape index (κ2) is 6.78. The van der Waals surface area contributed by atoms with E-state index in [0.717, 1.165) is 38.8 Å². The highest BCUT2D eigenvalue weighted by atomic mass is 16.2. The first-order valence-electron chi connectivity index (χ1n) is 9.08. The Morgan fingerprint density at radius 1 is 1.20 bits per heavy atom.